The number of rotatable bonds is 6. The molecule has 6 nitrogen and oxygen atoms in total. The first-order valence-electron chi connectivity index (χ1n) is 12.7. The second kappa shape index (κ2) is 10.7. The highest BCUT2D eigenvalue weighted by Gasteiger charge is 2.42. The Morgan fingerprint density at radius 1 is 0.944 bits per heavy atom. The molecule has 5 rings (SSSR count). The van der Waals surface area contributed by atoms with Crippen molar-refractivity contribution in [2.45, 2.75) is 55.8 Å². The summed E-state index contributed by atoms with van der Waals surface area (Å²) in [6.07, 6.45) is 5.18. The van der Waals surface area contributed by atoms with E-state index in [1.807, 2.05) is 33.5 Å². The van der Waals surface area contributed by atoms with E-state index in [1.54, 1.807) is 4.90 Å². The minimum Gasteiger partial charge on any atom is -0.354 e. The summed E-state index contributed by atoms with van der Waals surface area (Å²) in [4.78, 5) is 20.7. The van der Waals surface area contributed by atoms with Crippen LogP contribution in [0.15, 0.2) is 41.3 Å². The minimum atomic E-state index is -2.93. The fourth-order valence-corrected chi connectivity index (χ4v) is 6.80. The van der Waals surface area contributed by atoms with Gasteiger partial charge in [-0.2, -0.15) is 0 Å². The largest absolute Gasteiger partial charge is 0.354 e. The maximum Gasteiger partial charge on any atom is 0.276 e. The van der Waals surface area contributed by atoms with Gasteiger partial charge in [0.1, 0.15) is 22.0 Å². The molecule has 1 saturated carbocycles. The van der Waals surface area contributed by atoms with Gasteiger partial charge in [0.15, 0.2) is 0 Å². The number of piperazine rings is 1. The zero-order valence-electron chi connectivity index (χ0n) is 20.2. The number of carbonyl (C=O) groups excluding carboxylic acids is 1. The van der Waals surface area contributed by atoms with E-state index in [-0.39, 0.29) is 16.6 Å². The molecular weight excluding hydrogens is 506 g/mol. The van der Waals surface area contributed by atoms with Crippen LogP contribution in [0, 0.1) is 5.92 Å². The van der Waals surface area contributed by atoms with Crippen molar-refractivity contribution in [3.05, 3.63) is 47.1 Å². The lowest BCUT2D eigenvalue weighted by molar-refractivity contribution is -0.117. The summed E-state index contributed by atoms with van der Waals surface area (Å²) < 4.78 is 45.6. The lowest BCUT2D eigenvalue weighted by atomic mass is 9.82. The number of halogens is 3. The van der Waals surface area contributed by atoms with Crippen molar-refractivity contribution in [1.82, 2.24) is 9.29 Å². The molecule has 1 aliphatic carbocycles. The topological polar surface area (TPSA) is 56.8 Å². The van der Waals surface area contributed by atoms with Crippen molar-refractivity contribution in [2.24, 2.45) is 5.92 Å². The number of amides is 1. The average molecular weight is 537 g/mol. The van der Waals surface area contributed by atoms with Crippen LogP contribution in [-0.4, -0.2) is 52.1 Å². The molecule has 1 aromatic carbocycles. The van der Waals surface area contributed by atoms with Crippen molar-refractivity contribution in [3.8, 4) is 0 Å². The molecule has 36 heavy (non-hydrogen) atoms. The fourth-order valence-electron chi connectivity index (χ4n) is 5.43. The van der Waals surface area contributed by atoms with E-state index >= 15 is 8.78 Å². The van der Waals surface area contributed by atoms with Crippen molar-refractivity contribution in [1.29, 1.82) is 0 Å². The molecule has 1 atom stereocenters. The number of nitrogens with zero attached hydrogens (tertiary/aromatic N) is 4. The Labute approximate surface area is 218 Å². The van der Waals surface area contributed by atoms with Gasteiger partial charge in [0.05, 0.1) is 4.90 Å². The monoisotopic (exact) mass is 536 g/mol. The van der Waals surface area contributed by atoms with E-state index < -0.39 is 22.8 Å². The minimum absolute atomic E-state index is 0.0630. The van der Waals surface area contributed by atoms with Gasteiger partial charge in [-0.1, -0.05) is 30.9 Å². The van der Waals surface area contributed by atoms with E-state index in [0.29, 0.717) is 56.2 Å². The Hall–Kier alpha value is -2.10. The summed E-state index contributed by atoms with van der Waals surface area (Å²) in [6, 6.07) is 10.1. The Morgan fingerprint density at radius 3 is 2.28 bits per heavy atom. The molecule has 194 valence electrons. The number of alkyl halides is 2. The highest BCUT2D eigenvalue weighted by atomic mass is 35.5. The first-order chi connectivity index (χ1) is 17.3. The molecule has 2 aliphatic heterocycles. The molecule has 3 fully saturated rings. The van der Waals surface area contributed by atoms with Gasteiger partial charge in [-0.05, 0) is 55.7 Å². The number of carbonyl (C=O) groups is 1. The number of anilines is 2. The van der Waals surface area contributed by atoms with E-state index in [0.717, 1.165) is 37.9 Å². The number of hydrogen-bond donors (Lipinski definition) is 0. The SMILES string of the molecule is O=C1CCCN1c1ccc(S(=O)N2CCN(c3cc(C(F)(F)C4CCCCC4)cc(Cl)n3)CC2)cc1. The predicted octanol–water partition coefficient (Wildman–Crippen LogP) is 5.38. The number of pyridine rings is 1. The van der Waals surface area contributed by atoms with Crippen LogP contribution >= 0.6 is 11.6 Å². The number of hydrogen-bond acceptors (Lipinski definition) is 4. The smallest absolute Gasteiger partial charge is 0.276 e. The van der Waals surface area contributed by atoms with Crippen molar-refractivity contribution in [2.75, 3.05) is 42.5 Å². The molecule has 0 N–H and O–H groups in total. The van der Waals surface area contributed by atoms with Crippen LogP contribution in [0.3, 0.4) is 0 Å². The van der Waals surface area contributed by atoms with Crippen LogP contribution in [0.4, 0.5) is 20.3 Å². The Bertz CT molecular complexity index is 1120. The van der Waals surface area contributed by atoms with Gasteiger partial charge in [-0.25, -0.2) is 22.3 Å². The summed E-state index contributed by atoms with van der Waals surface area (Å²) >= 11 is 6.19. The van der Waals surface area contributed by atoms with E-state index in [2.05, 4.69) is 4.98 Å². The third kappa shape index (κ3) is 5.29. The van der Waals surface area contributed by atoms with Crippen molar-refractivity contribution < 1.29 is 17.8 Å². The zero-order valence-corrected chi connectivity index (χ0v) is 21.7. The summed E-state index contributed by atoms with van der Waals surface area (Å²) in [5, 5.41) is 0.0700. The molecule has 0 spiro atoms. The quantitative estimate of drug-likeness (QED) is 0.465. The van der Waals surface area contributed by atoms with E-state index in [4.69, 9.17) is 11.6 Å². The molecule has 2 aromatic rings. The lowest BCUT2D eigenvalue weighted by Crippen LogP contribution is -2.47. The van der Waals surface area contributed by atoms with Gasteiger partial charge in [0.2, 0.25) is 5.91 Å². The molecule has 2 saturated heterocycles. The van der Waals surface area contributed by atoms with Crippen LogP contribution in [0.5, 0.6) is 0 Å². The van der Waals surface area contributed by atoms with Crippen LogP contribution in [-0.2, 0) is 21.7 Å². The third-order valence-electron chi connectivity index (χ3n) is 7.50. The highest BCUT2D eigenvalue weighted by Crippen LogP contribution is 2.44. The molecule has 0 radical (unpaired) electrons. The Balaban J connectivity index is 1.23. The van der Waals surface area contributed by atoms with Crippen molar-refractivity contribution in [3.63, 3.8) is 0 Å². The second-order valence-electron chi connectivity index (χ2n) is 9.80. The summed E-state index contributed by atoms with van der Waals surface area (Å²) in [6.45, 7) is 2.74. The van der Waals surface area contributed by atoms with Gasteiger partial charge in [-0.3, -0.25) is 4.79 Å². The molecule has 1 amide bonds. The lowest BCUT2D eigenvalue weighted by Gasteiger charge is -2.35. The van der Waals surface area contributed by atoms with E-state index in [9.17, 15) is 9.00 Å². The van der Waals surface area contributed by atoms with Crippen LogP contribution in [0.1, 0.15) is 50.5 Å². The Kier molecular flexibility index (Phi) is 7.60. The molecule has 0 bridgehead atoms. The third-order valence-corrected chi connectivity index (χ3v) is 9.21. The van der Waals surface area contributed by atoms with Crippen LogP contribution < -0.4 is 9.80 Å². The van der Waals surface area contributed by atoms with Gasteiger partial charge >= 0.3 is 0 Å². The molecular formula is C26H31ClF2N4O2S. The molecule has 1 aromatic heterocycles. The molecule has 10 heteroatoms. The van der Waals surface area contributed by atoms with Crippen molar-refractivity contribution >= 4 is 40.0 Å². The summed E-state index contributed by atoms with van der Waals surface area (Å²) in [5.41, 5.74) is 0.767. The molecule has 1 unspecified atom stereocenters. The van der Waals surface area contributed by atoms with Crippen LogP contribution in [0.2, 0.25) is 5.15 Å². The second-order valence-corrected chi connectivity index (χ2v) is 11.7. The number of aromatic nitrogens is 1. The van der Waals surface area contributed by atoms with Crippen LogP contribution in [0.25, 0.3) is 0 Å². The molecule has 3 heterocycles. The first-order valence-corrected chi connectivity index (χ1v) is 14.2. The normalized spacial score (nSPS) is 21.2. The van der Waals surface area contributed by atoms with Gasteiger partial charge < -0.3 is 9.80 Å². The van der Waals surface area contributed by atoms with E-state index in [1.165, 1.54) is 12.1 Å². The maximum atomic E-state index is 15.3. The zero-order chi connectivity index (χ0) is 25.3. The number of benzene rings is 1. The highest BCUT2D eigenvalue weighted by molar-refractivity contribution is 7.82. The Morgan fingerprint density at radius 2 is 1.64 bits per heavy atom. The van der Waals surface area contributed by atoms with Gasteiger partial charge in [0.25, 0.3) is 5.92 Å². The fraction of sp³-hybridized carbons (Fsp3) is 0.538. The first kappa shape index (κ1) is 25.5. The maximum absolute atomic E-state index is 15.3. The summed E-state index contributed by atoms with van der Waals surface area (Å²) in [7, 11) is -1.35. The van der Waals surface area contributed by atoms with Gasteiger partial charge in [0, 0.05) is 56.3 Å². The average Bonchev–Trinajstić information content (AvgIpc) is 3.34. The molecule has 3 aliphatic rings. The standard InChI is InChI=1S/C26H31ClF2N4O2S/c27-23-17-20(26(28,29)19-5-2-1-3-6-19)18-24(30-23)31-13-15-32(16-14-31)36(35)22-10-8-21(9-11-22)33-12-4-7-25(33)34/h8-11,17-19H,1-7,12-16H2. The predicted molar refractivity (Wildman–Crippen MR) is 138 cm³/mol. The summed E-state index contributed by atoms with van der Waals surface area (Å²) in [5.74, 6) is -3.03. The van der Waals surface area contributed by atoms with Gasteiger partial charge in [-0.15, -0.1) is 0 Å².